The van der Waals surface area contributed by atoms with Gasteiger partial charge in [-0.3, -0.25) is 18.9 Å². The van der Waals surface area contributed by atoms with Gasteiger partial charge in [0.25, 0.3) is 5.56 Å². The zero-order valence-electron chi connectivity index (χ0n) is 24.9. The van der Waals surface area contributed by atoms with Gasteiger partial charge in [0.2, 0.25) is 0 Å². The molecule has 10 nitrogen and oxygen atoms in total. The molecule has 0 amide bonds. The predicted octanol–water partition coefficient (Wildman–Crippen LogP) is 2.23. The van der Waals surface area contributed by atoms with Crippen LogP contribution in [0.1, 0.15) is 31.4 Å². The van der Waals surface area contributed by atoms with E-state index in [2.05, 4.69) is 28.9 Å². The Bertz CT molecular complexity index is 1400. The van der Waals surface area contributed by atoms with E-state index in [4.69, 9.17) is 5.73 Å². The largest absolute Gasteiger partial charge is 0.399 e. The van der Waals surface area contributed by atoms with Crippen LogP contribution in [0.3, 0.4) is 0 Å². The summed E-state index contributed by atoms with van der Waals surface area (Å²) in [6.07, 6.45) is 1.64. The number of nitrogens with zero attached hydrogens (tertiary/aromatic N) is 6. The highest BCUT2D eigenvalue weighted by Gasteiger charge is 2.43. The number of hydrogen-bond donors (Lipinski definition) is 2. The predicted molar refractivity (Wildman–Crippen MR) is 166 cm³/mol. The highest BCUT2D eigenvalue weighted by Crippen LogP contribution is 2.38. The Balaban J connectivity index is 1.91. The van der Waals surface area contributed by atoms with Crippen molar-refractivity contribution in [1.82, 2.24) is 19.0 Å². The number of aromatic nitrogens is 2. The fourth-order valence-electron chi connectivity index (χ4n) is 5.77. The number of rotatable bonds is 14. The highest BCUT2D eigenvalue weighted by atomic mass is 16.3. The van der Waals surface area contributed by atoms with Crippen LogP contribution in [0.15, 0.2) is 64.2 Å². The summed E-state index contributed by atoms with van der Waals surface area (Å²) in [5, 5.41) is 14.0. The van der Waals surface area contributed by atoms with Crippen LogP contribution in [0.2, 0.25) is 0 Å². The molecule has 0 bridgehead atoms. The van der Waals surface area contributed by atoms with Gasteiger partial charge in [0.05, 0.1) is 6.61 Å². The number of aryl methyl sites for hydroxylation is 1. The fraction of sp³-hybridized carbons (Fsp3) is 0.484. The Morgan fingerprint density at radius 2 is 1.63 bits per heavy atom. The molecule has 1 unspecified atom stereocenters. The van der Waals surface area contributed by atoms with E-state index >= 15 is 0 Å². The van der Waals surface area contributed by atoms with Gasteiger partial charge in [0.15, 0.2) is 5.69 Å². The van der Waals surface area contributed by atoms with Crippen LogP contribution in [0.4, 0.5) is 17.2 Å². The third kappa shape index (κ3) is 6.50. The molecule has 222 valence electrons. The number of aliphatic hydroxyl groups excluding tert-OH is 1. The zero-order chi connectivity index (χ0) is 29.5. The highest BCUT2D eigenvalue weighted by molar-refractivity contribution is 5.73. The number of nitrogens with two attached hydrogens (primary N) is 1. The first-order valence-electron chi connectivity index (χ1n) is 14.6. The average Bonchev–Trinajstić information content (AvgIpc) is 3.28. The van der Waals surface area contributed by atoms with Gasteiger partial charge in [-0.05, 0) is 57.6 Å². The number of para-hydroxylation sites is 1. The number of hydrogen-bond acceptors (Lipinski definition) is 8. The van der Waals surface area contributed by atoms with E-state index in [-0.39, 0.29) is 24.0 Å². The molecule has 0 spiro atoms. The fourth-order valence-corrected chi connectivity index (χ4v) is 5.77. The van der Waals surface area contributed by atoms with Crippen LogP contribution in [0.25, 0.3) is 0 Å². The molecule has 4 rings (SSSR count). The Kier molecular flexibility index (Phi) is 10.3. The monoisotopic (exact) mass is 563 g/mol. The molecule has 2 aromatic carbocycles. The number of benzene rings is 2. The first-order valence-corrected chi connectivity index (χ1v) is 14.6. The third-order valence-corrected chi connectivity index (χ3v) is 7.80. The molecule has 0 saturated heterocycles. The van der Waals surface area contributed by atoms with Crippen molar-refractivity contribution in [2.45, 2.75) is 52.4 Å². The lowest BCUT2D eigenvalue weighted by atomic mass is 10.1. The van der Waals surface area contributed by atoms with Crippen molar-refractivity contribution in [3.63, 3.8) is 0 Å². The van der Waals surface area contributed by atoms with Crippen molar-refractivity contribution < 1.29 is 5.11 Å². The van der Waals surface area contributed by atoms with E-state index in [0.29, 0.717) is 69.2 Å². The summed E-state index contributed by atoms with van der Waals surface area (Å²) in [4.78, 5) is 32.6. The molecule has 1 aromatic heterocycles. The van der Waals surface area contributed by atoms with E-state index in [0.717, 1.165) is 17.7 Å². The van der Waals surface area contributed by atoms with Gasteiger partial charge in [-0.25, -0.2) is 9.80 Å². The number of anilines is 3. The van der Waals surface area contributed by atoms with Crippen molar-refractivity contribution in [1.29, 1.82) is 0 Å². The van der Waals surface area contributed by atoms with Crippen LogP contribution in [0, 0.1) is 0 Å². The minimum absolute atomic E-state index is 0.0478. The van der Waals surface area contributed by atoms with Crippen LogP contribution < -0.4 is 26.9 Å². The molecule has 1 atom stereocenters. The SMILES string of the molecule is CCN1c2c(c(=O)n(CCCN(C)C)c(=O)n2CCc2ccccc2N)N(N(CC)CCO)C1Cc1ccccc1. The van der Waals surface area contributed by atoms with E-state index in [1.54, 1.807) is 4.57 Å². The molecule has 41 heavy (non-hydrogen) atoms. The Labute approximate surface area is 242 Å². The van der Waals surface area contributed by atoms with Gasteiger partial charge in [-0.1, -0.05) is 55.5 Å². The molecule has 1 aliphatic rings. The normalized spacial score (nSPS) is 14.9. The summed E-state index contributed by atoms with van der Waals surface area (Å²) < 4.78 is 3.17. The van der Waals surface area contributed by atoms with Crippen molar-refractivity contribution in [2.24, 2.45) is 0 Å². The van der Waals surface area contributed by atoms with E-state index < -0.39 is 0 Å². The van der Waals surface area contributed by atoms with Crippen LogP contribution in [-0.2, 0) is 25.9 Å². The lowest BCUT2D eigenvalue weighted by Crippen LogP contribution is -2.55. The number of nitrogen functional groups attached to an aromatic ring is 1. The first-order chi connectivity index (χ1) is 19.8. The molecule has 0 fully saturated rings. The quantitative estimate of drug-likeness (QED) is 0.288. The van der Waals surface area contributed by atoms with Crippen LogP contribution >= 0.6 is 0 Å². The van der Waals surface area contributed by atoms with Gasteiger partial charge < -0.3 is 20.6 Å². The molecule has 3 aromatic rings. The van der Waals surface area contributed by atoms with E-state index in [1.807, 2.05) is 73.5 Å². The topological polar surface area (TPSA) is 103 Å². The lowest BCUT2D eigenvalue weighted by molar-refractivity contribution is 0.177. The molecule has 0 saturated carbocycles. The summed E-state index contributed by atoms with van der Waals surface area (Å²) in [5.41, 5.74) is 8.95. The zero-order valence-corrected chi connectivity index (χ0v) is 24.9. The Morgan fingerprint density at radius 1 is 0.927 bits per heavy atom. The lowest BCUT2D eigenvalue weighted by Gasteiger charge is -2.39. The van der Waals surface area contributed by atoms with Crippen LogP contribution in [0.5, 0.6) is 0 Å². The van der Waals surface area contributed by atoms with E-state index in [1.165, 1.54) is 4.57 Å². The van der Waals surface area contributed by atoms with Crippen molar-refractivity contribution in [3.05, 3.63) is 86.6 Å². The summed E-state index contributed by atoms with van der Waals surface area (Å²) in [7, 11) is 3.97. The third-order valence-electron chi connectivity index (χ3n) is 7.80. The van der Waals surface area contributed by atoms with Gasteiger partial charge in [-0.15, -0.1) is 0 Å². The summed E-state index contributed by atoms with van der Waals surface area (Å²) in [6.45, 7) is 7.08. The number of fused-ring (bicyclic) bond motifs is 1. The second kappa shape index (κ2) is 13.8. The molecule has 3 N–H and O–H groups in total. The minimum Gasteiger partial charge on any atom is -0.399 e. The van der Waals surface area contributed by atoms with Gasteiger partial charge >= 0.3 is 5.69 Å². The second-order valence-electron chi connectivity index (χ2n) is 10.7. The molecule has 2 heterocycles. The van der Waals surface area contributed by atoms with Crippen molar-refractivity contribution in [3.8, 4) is 0 Å². The maximum atomic E-state index is 14.3. The maximum absolute atomic E-state index is 14.3. The van der Waals surface area contributed by atoms with Crippen molar-refractivity contribution in [2.75, 3.05) is 62.5 Å². The van der Waals surface area contributed by atoms with E-state index in [9.17, 15) is 14.7 Å². The first kappa shape index (κ1) is 30.4. The summed E-state index contributed by atoms with van der Waals surface area (Å²) in [6, 6.07) is 17.9. The molecule has 1 aliphatic heterocycles. The molecular weight excluding hydrogens is 518 g/mol. The number of hydrazine groups is 1. The summed E-state index contributed by atoms with van der Waals surface area (Å²) >= 11 is 0. The van der Waals surface area contributed by atoms with Crippen LogP contribution in [-0.4, -0.2) is 77.2 Å². The number of likely N-dealkylation sites (N-methyl/N-ethyl adjacent to an activating group) is 2. The Hall–Kier alpha value is -3.60. The Morgan fingerprint density at radius 3 is 2.27 bits per heavy atom. The molecule has 10 heteroatoms. The molecule has 0 radical (unpaired) electrons. The standard InChI is InChI=1S/C31H45N7O3/c1-5-34(21-22-39)38-27(23-24-13-8-7-9-14-24)35(6-2)29-28(38)30(40)37(19-12-18-33(3)4)31(41)36(29)20-17-25-15-10-11-16-26(25)32/h7-11,13-16,27,39H,5-6,12,17-23,32H2,1-4H3. The summed E-state index contributed by atoms with van der Waals surface area (Å²) in [5.74, 6) is 0.637. The molecular formula is C31H45N7O3. The van der Waals surface area contributed by atoms with Gasteiger partial charge in [-0.2, -0.15) is 0 Å². The van der Waals surface area contributed by atoms with Gasteiger partial charge in [0.1, 0.15) is 12.0 Å². The number of aliphatic hydroxyl groups is 1. The second-order valence-corrected chi connectivity index (χ2v) is 10.7. The van der Waals surface area contributed by atoms with Crippen molar-refractivity contribution >= 4 is 17.2 Å². The molecule has 0 aliphatic carbocycles. The maximum Gasteiger partial charge on any atom is 0.332 e. The minimum atomic E-state index is -0.300. The smallest absolute Gasteiger partial charge is 0.332 e. The van der Waals surface area contributed by atoms with Gasteiger partial charge in [0, 0.05) is 44.8 Å². The average molecular weight is 564 g/mol.